The fourth-order valence-electron chi connectivity index (χ4n) is 4.65. The highest BCUT2D eigenvalue weighted by Crippen LogP contribution is 2.35. The minimum atomic E-state index is -0.488. The van der Waals surface area contributed by atoms with Crippen molar-refractivity contribution in [2.45, 2.75) is 13.5 Å². The van der Waals surface area contributed by atoms with Crippen LogP contribution < -0.4 is 14.8 Å². The average Bonchev–Trinajstić information content (AvgIpc) is 3.41. The predicted molar refractivity (Wildman–Crippen MR) is 151 cm³/mol. The smallest absolute Gasteiger partial charge is 0.294 e. The van der Waals surface area contributed by atoms with Gasteiger partial charge in [0, 0.05) is 41.0 Å². The van der Waals surface area contributed by atoms with Crippen LogP contribution in [0.5, 0.6) is 11.5 Å². The summed E-state index contributed by atoms with van der Waals surface area (Å²) < 4.78 is 13.2. The number of nitrogens with one attached hydrogen (secondary N) is 1. The van der Waals surface area contributed by atoms with Gasteiger partial charge in [-0.25, -0.2) is 0 Å². The van der Waals surface area contributed by atoms with E-state index in [1.165, 1.54) is 5.56 Å². The molecule has 3 aromatic carbocycles. The van der Waals surface area contributed by atoms with E-state index in [2.05, 4.69) is 41.1 Å². The number of fused-ring (bicyclic) bond motifs is 2. The van der Waals surface area contributed by atoms with Gasteiger partial charge in [-0.2, -0.15) is 0 Å². The number of rotatable bonds is 6. The van der Waals surface area contributed by atoms with E-state index >= 15 is 0 Å². The predicted octanol–water partition coefficient (Wildman–Crippen LogP) is 5.44. The maximum absolute atomic E-state index is 13.2. The van der Waals surface area contributed by atoms with Gasteiger partial charge in [0.1, 0.15) is 19.8 Å². The minimum Gasteiger partial charge on any atom is -0.486 e. The largest absolute Gasteiger partial charge is 0.486 e. The van der Waals surface area contributed by atoms with E-state index in [1.807, 2.05) is 30.5 Å². The van der Waals surface area contributed by atoms with Gasteiger partial charge in [0.2, 0.25) is 5.91 Å². The van der Waals surface area contributed by atoms with Crippen LogP contribution >= 0.6 is 11.8 Å². The molecule has 0 saturated carbocycles. The van der Waals surface area contributed by atoms with E-state index in [0.717, 1.165) is 38.7 Å². The van der Waals surface area contributed by atoms with Crippen LogP contribution in [-0.4, -0.2) is 46.3 Å². The van der Waals surface area contributed by atoms with Gasteiger partial charge in [-0.05, 0) is 48.5 Å². The van der Waals surface area contributed by atoms with Crippen LogP contribution in [0.3, 0.4) is 0 Å². The summed E-state index contributed by atoms with van der Waals surface area (Å²) in [5, 5.41) is 3.23. The number of amides is 3. The highest BCUT2D eigenvalue weighted by atomic mass is 32.2. The average molecular weight is 540 g/mol. The van der Waals surface area contributed by atoms with Crippen molar-refractivity contribution in [3.63, 3.8) is 0 Å². The lowest BCUT2D eigenvalue weighted by molar-refractivity contribution is -0.127. The molecule has 9 heteroatoms. The van der Waals surface area contributed by atoms with E-state index in [9.17, 15) is 14.4 Å². The summed E-state index contributed by atoms with van der Waals surface area (Å²) in [7, 11) is 0. The van der Waals surface area contributed by atoms with Crippen LogP contribution in [-0.2, 0) is 16.1 Å². The molecule has 4 aromatic rings. The molecular formula is C30H25N3O5S. The standard InChI is InChI=1S/C30H25N3O5S/c1-19-6-8-20(9-7-19)16-32-17-21(23-4-2-3-5-24(23)32)14-27-29(35)33(30(36)39-27)18-28(34)31-22-10-11-25-26(15-22)38-13-12-37-25/h2-11,14-15,17H,12-13,16,18H2,1H3,(H,31,34)/b27-14-. The van der Waals surface area contributed by atoms with Crippen molar-refractivity contribution in [3.8, 4) is 11.5 Å². The summed E-state index contributed by atoms with van der Waals surface area (Å²) in [6.45, 7) is 3.25. The van der Waals surface area contributed by atoms with Gasteiger partial charge < -0.3 is 19.4 Å². The van der Waals surface area contributed by atoms with Crippen LogP contribution in [0.1, 0.15) is 16.7 Å². The van der Waals surface area contributed by atoms with Crippen molar-refractivity contribution in [1.82, 2.24) is 9.47 Å². The molecule has 3 heterocycles. The first kappa shape index (κ1) is 24.8. The molecule has 0 spiro atoms. The fourth-order valence-corrected chi connectivity index (χ4v) is 5.48. The number of aryl methyl sites for hydroxylation is 1. The van der Waals surface area contributed by atoms with E-state index in [1.54, 1.807) is 24.3 Å². The molecule has 1 N–H and O–H groups in total. The molecule has 0 atom stereocenters. The Balaban J connectivity index is 1.19. The second kappa shape index (κ2) is 10.3. The lowest BCUT2D eigenvalue weighted by Crippen LogP contribution is -2.36. The number of anilines is 1. The highest BCUT2D eigenvalue weighted by Gasteiger charge is 2.36. The van der Waals surface area contributed by atoms with Crippen molar-refractivity contribution >= 4 is 51.5 Å². The molecule has 3 amide bonds. The van der Waals surface area contributed by atoms with E-state index < -0.39 is 17.1 Å². The molecule has 8 nitrogen and oxygen atoms in total. The molecule has 0 radical (unpaired) electrons. The molecule has 196 valence electrons. The molecule has 0 aliphatic carbocycles. The number of benzene rings is 3. The van der Waals surface area contributed by atoms with Gasteiger partial charge in [0.05, 0.1) is 4.91 Å². The number of para-hydroxylation sites is 1. The zero-order valence-corrected chi connectivity index (χ0v) is 22.0. The highest BCUT2D eigenvalue weighted by molar-refractivity contribution is 8.18. The molecule has 2 aliphatic heterocycles. The summed E-state index contributed by atoms with van der Waals surface area (Å²) in [5.41, 5.74) is 4.73. The number of carbonyl (C=O) groups excluding carboxylic acids is 3. The first-order chi connectivity index (χ1) is 18.9. The quantitative estimate of drug-likeness (QED) is 0.328. The second-order valence-electron chi connectivity index (χ2n) is 9.39. The maximum atomic E-state index is 13.2. The van der Waals surface area contributed by atoms with Crippen LogP contribution in [0, 0.1) is 6.92 Å². The minimum absolute atomic E-state index is 0.283. The summed E-state index contributed by atoms with van der Waals surface area (Å²) in [5.74, 6) is 0.174. The van der Waals surface area contributed by atoms with Crippen molar-refractivity contribution in [1.29, 1.82) is 0 Å². The summed E-state index contributed by atoms with van der Waals surface area (Å²) in [6, 6.07) is 21.4. The number of imide groups is 1. The van der Waals surface area contributed by atoms with Gasteiger partial charge in [0.25, 0.3) is 11.1 Å². The summed E-state index contributed by atoms with van der Waals surface area (Å²) in [4.78, 5) is 39.8. The Labute approximate surface area is 229 Å². The van der Waals surface area contributed by atoms with Crippen molar-refractivity contribution in [2.75, 3.05) is 25.1 Å². The number of nitrogens with zero attached hydrogens (tertiary/aromatic N) is 2. The Morgan fingerprint density at radius 2 is 1.77 bits per heavy atom. The number of thioether (sulfide) groups is 1. The molecule has 0 unspecified atom stereocenters. The van der Waals surface area contributed by atoms with Crippen molar-refractivity contribution in [2.24, 2.45) is 0 Å². The Morgan fingerprint density at radius 1 is 1.00 bits per heavy atom. The topological polar surface area (TPSA) is 89.9 Å². The molecule has 1 fully saturated rings. The molecule has 1 aromatic heterocycles. The SMILES string of the molecule is Cc1ccc(Cn2cc(/C=C3\SC(=O)N(CC(=O)Nc4ccc5c(c4)OCCO5)C3=O)c3ccccc32)cc1. The first-order valence-corrected chi connectivity index (χ1v) is 13.3. The maximum Gasteiger partial charge on any atom is 0.294 e. The molecule has 6 rings (SSSR count). The lowest BCUT2D eigenvalue weighted by atomic mass is 10.1. The van der Waals surface area contributed by atoms with Gasteiger partial charge in [0.15, 0.2) is 11.5 Å². The second-order valence-corrected chi connectivity index (χ2v) is 10.4. The van der Waals surface area contributed by atoms with Crippen LogP contribution in [0.15, 0.2) is 77.8 Å². The Hall–Kier alpha value is -4.50. The number of aromatic nitrogens is 1. The number of hydrogen-bond acceptors (Lipinski definition) is 6. The van der Waals surface area contributed by atoms with Gasteiger partial charge >= 0.3 is 0 Å². The first-order valence-electron chi connectivity index (χ1n) is 12.5. The normalized spacial score (nSPS) is 15.8. The lowest BCUT2D eigenvalue weighted by Gasteiger charge is -2.19. The Morgan fingerprint density at radius 3 is 2.59 bits per heavy atom. The molecule has 1 saturated heterocycles. The summed E-state index contributed by atoms with van der Waals surface area (Å²) in [6.07, 6.45) is 3.73. The zero-order valence-electron chi connectivity index (χ0n) is 21.2. The number of ether oxygens (including phenoxy) is 2. The molecule has 39 heavy (non-hydrogen) atoms. The van der Waals surface area contributed by atoms with Crippen LogP contribution in [0.25, 0.3) is 17.0 Å². The van der Waals surface area contributed by atoms with Crippen LogP contribution in [0.4, 0.5) is 10.5 Å². The fraction of sp³-hybridized carbons (Fsp3) is 0.167. The molecule has 0 bridgehead atoms. The Kier molecular flexibility index (Phi) is 6.58. The zero-order chi connectivity index (χ0) is 26.9. The third kappa shape index (κ3) is 5.13. The molecule has 2 aliphatic rings. The summed E-state index contributed by atoms with van der Waals surface area (Å²) >= 11 is 0.840. The Bertz CT molecular complexity index is 1640. The third-order valence-corrected chi connectivity index (χ3v) is 7.49. The van der Waals surface area contributed by atoms with E-state index in [-0.39, 0.29) is 11.4 Å². The monoisotopic (exact) mass is 539 g/mol. The number of carbonyl (C=O) groups is 3. The van der Waals surface area contributed by atoms with Gasteiger partial charge in [-0.1, -0.05) is 48.0 Å². The van der Waals surface area contributed by atoms with Crippen molar-refractivity contribution < 1.29 is 23.9 Å². The third-order valence-electron chi connectivity index (χ3n) is 6.58. The van der Waals surface area contributed by atoms with Gasteiger partial charge in [-0.15, -0.1) is 0 Å². The van der Waals surface area contributed by atoms with Gasteiger partial charge in [-0.3, -0.25) is 19.3 Å². The molecular weight excluding hydrogens is 514 g/mol. The van der Waals surface area contributed by atoms with Crippen molar-refractivity contribution in [3.05, 3.63) is 94.5 Å². The van der Waals surface area contributed by atoms with E-state index in [4.69, 9.17) is 9.47 Å². The van der Waals surface area contributed by atoms with E-state index in [0.29, 0.717) is 36.9 Å². The van der Waals surface area contributed by atoms with Crippen LogP contribution in [0.2, 0.25) is 0 Å². The number of hydrogen-bond donors (Lipinski definition) is 1.